The van der Waals surface area contributed by atoms with Gasteiger partial charge in [0.25, 0.3) is 0 Å². The zero-order valence-electron chi connectivity index (χ0n) is 11.3. The van der Waals surface area contributed by atoms with Gasteiger partial charge in [0.15, 0.2) is 0 Å². The molecule has 0 spiro atoms. The van der Waals surface area contributed by atoms with E-state index in [0.29, 0.717) is 6.54 Å². The van der Waals surface area contributed by atoms with Crippen molar-refractivity contribution in [3.8, 4) is 0 Å². The number of nitrogens with one attached hydrogen (secondary N) is 1. The Labute approximate surface area is 124 Å². The lowest BCUT2D eigenvalue weighted by molar-refractivity contribution is -0.141. The molecule has 1 amide bonds. The highest BCUT2D eigenvalue weighted by molar-refractivity contribution is 5.85. The Morgan fingerprint density at radius 2 is 2.15 bits per heavy atom. The van der Waals surface area contributed by atoms with Crippen LogP contribution in [0.5, 0.6) is 0 Å². The molecule has 1 aromatic rings. The summed E-state index contributed by atoms with van der Waals surface area (Å²) in [6.07, 6.45) is 3.18. The average molecular weight is 299 g/mol. The summed E-state index contributed by atoms with van der Waals surface area (Å²) in [7, 11) is 0. The molecule has 1 N–H and O–H groups in total. The molecule has 1 saturated heterocycles. The molecule has 2 fully saturated rings. The zero-order chi connectivity index (χ0) is 13.2. The molecule has 110 valence electrons. The first-order valence-electron chi connectivity index (χ1n) is 7.02. The van der Waals surface area contributed by atoms with E-state index >= 15 is 0 Å². The zero-order valence-corrected chi connectivity index (χ0v) is 12.2. The molecule has 1 aromatic carbocycles. The molecule has 3 nitrogen and oxygen atoms in total. The van der Waals surface area contributed by atoms with Crippen LogP contribution in [-0.4, -0.2) is 30.4 Å². The molecule has 0 aromatic heterocycles. The number of halogens is 2. The molecule has 1 aliphatic heterocycles. The third-order valence-corrected chi connectivity index (χ3v) is 4.21. The number of benzene rings is 1. The Hall–Kier alpha value is -1.13. The smallest absolute Gasteiger partial charge is 0.226 e. The van der Waals surface area contributed by atoms with Gasteiger partial charge in [-0.05, 0) is 30.5 Å². The lowest BCUT2D eigenvalue weighted by Crippen LogP contribution is -2.51. The Balaban J connectivity index is 0.00000147. The van der Waals surface area contributed by atoms with Crippen LogP contribution < -0.4 is 5.32 Å². The van der Waals surface area contributed by atoms with Gasteiger partial charge in [0.2, 0.25) is 5.91 Å². The maximum atomic E-state index is 13.4. The molecular formula is C15H20ClFN2O. The highest BCUT2D eigenvalue weighted by Crippen LogP contribution is 2.32. The number of nitrogens with zero attached hydrogens (tertiary/aromatic N) is 1. The molecule has 1 aliphatic carbocycles. The van der Waals surface area contributed by atoms with Crippen LogP contribution in [0.3, 0.4) is 0 Å². The Morgan fingerprint density at radius 3 is 2.80 bits per heavy atom. The van der Waals surface area contributed by atoms with Crippen molar-refractivity contribution in [3.63, 3.8) is 0 Å². The van der Waals surface area contributed by atoms with Crippen molar-refractivity contribution in [3.05, 3.63) is 35.6 Å². The predicted molar refractivity (Wildman–Crippen MR) is 78.3 cm³/mol. The molecule has 2 aliphatic rings. The molecule has 1 atom stereocenters. The van der Waals surface area contributed by atoms with E-state index in [1.54, 1.807) is 12.1 Å². The van der Waals surface area contributed by atoms with Crippen molar-refractivity contribution in [1.82, 2.24) is 10.2 Å². The van der Waals surface area contributed by atoms with Gasteiger partial charge in [-0.2, -0.15) is 0 Å². The van der Waals surface area contributed by atoms with Gasteiger partial charge < -0.3 is 10.2 Å². The van der Waals surface area contributed by atoms with Crippen molar-refractivity contribution in [2.24, 2.45) is 5.92 Å². The van der Waals surface area contributed by atoms with Gasteiger partial charge in [0, 0.05) is 25.6 Å². The minimum Gasteiger partial charge on any atom is -0.333 e. The van der Waals surface area contributed by atoms with Crippen LogP contribution >= 0.6 is 12.4 Å². The van der Waals surface area contributed by atoms with Gasteiger partial charge in [-0.1, -0.05) is 18.6 Å². The van der Waals surface area contributed by atoms with Crippen LogP contribution in [0.25, 0.3) is 0 Å². The maximum Gasteiger partial charge on any atom is 0.226 e. The minimum atomic E-state index is -0.237. The molecule has 0 bridgehead atoms. The number of hydrogen-bond donors (Lipinski definition) is 1. The molecule has 1 unspecified atom stereocenters. The van der Waals surface area contributed by atoms with Gasteiger partial charge in [-0.3, -0.25) is 4.79 Å². The van der Waals surface area contributed by atoms with Crippen molar-refractivity contribution < 1.29 is 9.18 Å². The van der Waals surface area contributed by atoms with Gasteiger partial charge >= 0.3 is 0 Å². The van der Waals surface area contributed by atoms with Gasteiger partial charge in [-0.25, -0.2) is 4.39 Å². The molecule has 3 rings (SSSR count). The lowest BCUT2D eigenvalue weighted by atomic mass is 9.83. The molecule has 20 heavy (non-hydrogen) atoms. The maximum absolute atomic E-state index is 13.4. The van der Waals surface area contributed by atoms with Gasteiger partial charge in [0.1, 0.15) is 5.82 Å². The lowest BCUT2D eigenvalue weighted by Gasteiger charge is -2.40. The van der Waals surface area contributed by atoms with Crippen LogP contribution in [0.4, 0.5) is 4.39 Å². The quantitative estimate of drug-likeness (QED) is 0.910. The van der Waals surface area contributed by atoms with E-state index in [1.807, 2.05) is 11.0 Å². The summed E-state index contributed by atoms with van der Waals surface area (Å²) < 4.78 is 13.4. The second kappa shape index (κ2) is 6.55. The van der Waals surface area contributed by atoms with E-state index in [4.69, 9.17) is 0 Å². The van der Waals surface area contributed by atoms with Crippen molar-refractivity contribution in [1.29, 1.82) is 0 Å². The van der Waals surface area contributed by atoms with E-state index in [2.05, 4.69) is 5.32 Å². The number of carbonyl (C=O) groups excluding carboxylic acids is 1. The van der Waals surface area contributed by atoms with E-state index in [-0.39, 0.29) is 36.1 Å². The number of rotatable bonds is 2. The Kier molecular flexibility index (Phi) is 5.00. The number of amides is 1. The van der Waals surface area contributed by atoms with Gasteiger partial charge in [0.05, 0.1) is 6.04 Å². The number of hydrogen-bond acceptors (Lipinski definition) is 2. The standard InChI is InChI=1S/C15H19FN2O.ClH/c16-13-6-2-5-12(9-13)14-10-17-7-8-18(14)15(19)11-3-1-4-11;/h2,5-6,9,11,14,17H,1,3-4,7-8,10H2;1H. The van der Waals surface area contributed by atoms with Crippen LogP contribution in [0, 0.1) is 11.7 Å². The number of carbonyl (C=O) groups is 1. The highest BCUT2D eigenvalue weighted by atomic mass is 35.5. The first-order valence-corrected chi connectivity index (χ1v) is 7.02. The molecule has 0 radical (unpaired) electrons. The summed E-state index contributed by atoms with van der Waals surface area (Å²) in [6, 6.07) is 6.57. The summed E-state index contributed by atoms with van der Waals surface area (Å²) in [5, 5.41) is 3.30. The predicted octanol–water partition coefficient (Wildman–Crippen LogP) is 2.52. The average Bonchev–Trinajstić information content (AvgIpc) is 2.37. The first-order chi connectivity index (χ1) is 9.25. The van der Waals surface area contributed by atoms with Crippen LogP contribution in [0.2, 0.25) is 0 Å². The van der Waals surface area contributed by atoms with Crippen molar-refractivity contribution in [2.75, 3.05) is 19.6 Å². The third-order valence-electron chi connectivity index (χ3n) is 4.21. The molecule has 5 heteroatoms. The van der Waals surface area contributed by atoms with Crippen molar-refractivity contribution >= 4 is 18.3 Å². The molecular weight excluding hydrogens is 279 g/mol. The van der Waals surface area contributed by atoms with Crippen LogP contribution in [0.15, 0.2) is 24.3 Å². The molecule has 1 saturated carbocycles. The van der Waals surface area contributed by atoms with E-state index < -0.39 is 0 Å². The fourth-order valence-corrected chi connectivity index (χ4v) is 2.87. The normalized spacial score (nSPS) is 22.9. The highest BCUT2D eigenvalue weighted by Gasteiger charge is 2.34. The fraction of sp³-hybridized carbons (Fsp3) is 0.533. The Bertz CT molecular complexity index is 479. The van der Waals surface area contributed by atoms with Crippen molar-refractivity contribution in [2.45, 2.75) is 25.3 Å². The monoisotopic (exact) mass is 298 g/mol. The van der Waals surface area contributed by atoms with E-state index in [1.165, 1.54) is 6.07 Å². The van der Waals surface area contributed by atoms with Crippen LogP contribution in [-0.2, 0) is 4.79 Å². The summed E-state index contributed by atoms with van der Waals surface area (Å²) in [6.45, 7) is 2.25. The summed E-state index contributed by atoms with van der Waals surface area (Å²) in [5.74, 6) is 0.218. The van der Waals surface area contributed by atoms with Crippen LogP contribution in [0.1, 0.15) is 30.9 Å². The fourth-order valence-electron chi connectivity index (χ4n) is 2.87. The van der Waals surface area contributed by atoms with E-state index in [9.17, 15) is 9.18 Å². The van der Waals surface area contributed by atoms with Gasteiger partial charge in [-0.15, -0.1) is 12.4 Å². The SMILES string of the molecule is Cl.O=C(C1CCC1)N1CCNCC1c1cccc(F)c1. The number of piperazine rings is 1. The largest absolute Gasteiger partial charge is 0.333 e. The summed E-state index contributed by atoms with van der Waals surface area (Å²) >= 11 is 0. The second-order valence-electron chi connectivity index (χ2n) is 5.43. The Morgan fingerprint density at radius 1 is 1.35 bits per heavy atom. The second-order valence-corrected chi connectivity index (χ2v) is 5.43. The minimum absolute atomic E-state index is 0. The third kappa shape index (κ3) is 2.96. The van der Waals surface area contributed by atoms with E-state index in [0.717, 1.165) is 37.9 Å². The summed E-state index contributed by atoms with van der Waals surface area (Å²) in [5.41, 5.74) is 0.889. The first kappa shape index (κ1) is 15.3. The topological polar surface area (TPSA) is 32.3 Å². The summed E-state index contributed by atoms with van der Waals surface area (Å²) in [4.78, 5) is 14.4. The molecule has 1 heterocycles.